The second kappa shape index (κ2) is 4.22. The summed E-state index contributed by atoms with van der Waals surface area (Å²) in [5, 5.41) is 8.63. The molecule has 16 heavy (non-hydrogen) atoms. The molecular weight excluding hydrogens is 210 g/mol. The fourth-order valence-electron chi connectivity index (χ4n) is 1.53. The number of benzene rings is 1. The van der Waals surface area contributed by atoms with Gasteiger partial charge in [0.05, 0.1) is 18.7 Å². The third-order valence-electron chi connectivity index (χ3n) is 2.46. The number of hydrogen-bond acceptors (Lipinski definition) is 3. The maximum atomic E-state index is 10.7. The summed E-state index contributed by atoms with van der Waals surface area (Å²) in [4.78, 5) is 22.5. The molecule has 0 atom stereocenters. The number of carbonyl (C=O) groups is 2. The fourth-order valence-corrected chi connectivity index (χ4v) is 1.53. The van der Waals surface area contributed by atoms with E-state index in [1.165, 1.54) is 4.90 Å². The van der Waals surface area contributed by atoms with Crippen LogP contribution in [-0.4, -0.2) is 41.6 Å². The van der Waals surface area contributed by atoms with Crippen molar-refractivity contribution < 1.29 is 19.4 Å². The SMILES string of the molecule is O=Cc1ccccc1OC1CN(C(=O)O)C1. The van der Waals surface area contributed by atoms with Crippen molar-refractivity contribution in [3.63, 3.8) is 0 Å². The number of carboxylic acid groups (broad SMARTS) is 1. The number of hydrogen-bond donors (Lipinski definition) is 1. The highest BCUT2D eigenvalue weighted by Gasteiger charge is 2.32. The van der Waals surface area contributed by atoms with Crippen molar-refractivity contribution in [3.8, 4) is 5.75 Å². The third-order valence-corrected chi connectivity index (χ3v) is 2.46. The van der Waals surface area contributed by atoms with Crippen molar-refractivity contribution in [1.82, 2.24) is 4.90 Å². The molecule has 1 aliphatic rings. The van der Waals surface area contributed by atoms with Gasteiger partial charge in [-0.15, -0.1) is 0 Å². The number of nitrogens with zero attached hydrogens (tertiary/aromatic N) is 1. The normalized spacial score (nSPS) is 15.4. The van der Waals surface area contributed by atoms with E-state index in [1.54, 1.807) is 24.3 Å². The van der Waals surface area contributed by atoms with E-state index < -0.39 is 6.09 Å². The number of likely N-dealkylation sites (tertiary alicyclic amines) is 1. The molecule has 1 fully saturated rings. The molecule has 5 nitrogen and oxygen atoms in total. The molecule has 1 amide bonds. The van der Waals surface area contributed by atoms with E-state index in [-0.39, 0.29) is 6.10 Å². The minimum Gasteiger partial charge on any atom is -0.486 e. The maximum Gasteiger partial charge on any atom is 0.407 e. The van der Waals surface area contributed by atoms with Gasteiger partial charge in [-0.05, 0) is 12.1 Å². The Bertz CT molecular complexity index is 412. The Morgan fingerprint density at radius 2 is 2.12 bits per heavy atom. The second-order valence-corrected chi connectivity index (χ2v) is 3.58. The Morgan fingerprint density at radius 3 is 2.75 bits per heavy atom. The lowest BCUT2D eigenvalue weighted by atomic mass is 10.1. The zero-order valence-corrected chi connectivity index (χ0v) is 8.50. The van der Waals surface area contributed by atoms with Crippen molar-refractivity contribution in [3.05, 3.63) is 29.8 Å². The summed E-state index contributed by atoms with van der Waals surface area (Å²) >= 11 is 0. The first-order valence-corrected chi connectivity index (χ1v) is 4.89. The quantitative estimate of drug-likeness (QED) is 0.780. The van der Waals surface area contributed by atoms with Gasteiger partial charge < -0.3 is 14.7 Å². The van der Waals surface area contributed by atoms with Gasteiger partial charge in [-0.3, -0.25) is 4.79 Å². The summed E-state index contributed by atoms with van der Waals surface area (Å²) in [6, 6.07) is 6.89. The molecule has 0 aromatic heterocycles. The lowest BCUT2D eigenvalue weighted by Gasteiger charge is -2.36. The van der Waals surface area contributed by atoms with Crippen LogP contribution in [0.1, 0.15) is 10.4 Å². The monoisotopic (exact) mass is 221 g/mol. The maximum absolute atomic E-state index is 10.7. The smallest absolute Gasteiger partial charge is 0.407 e. The first-order chi connectivity index (χ1) is 7.70. The Balaban J connectivity index is 1.96. The first-order valence-electron chi connectivity index (χ1n) is 4.89. The number of rotatable bonds is 3. The summed E-state index contributed by atoms with van der Waals surface area (Å²) in [6.07, 6.45) is -0.371. The van der Waals surface area contributed by atoms with Gasteiger partial charge >= 0.3 is 6.09 Å². The van der Waals surface area contributed by atoms with Crippen LogP contribution >= 0.6 is 0 Å². The van der Waals surface area contributed by atoms with Gasteiger partial charge in [-0.1, -0.05) is 12.1 Å². The molecule has 0 bridgehead atoms. The highest BCUT2D eigenvalue weighted by molar-refractivity contribution is 5.79. The molecule has 2 rings (SSSR count). The van der Waals surface area contributed by atoms with E-state index in [4.69, 9.17) is 9.84 Å². The Kier molecular flexibility index (Phi) is 2.76. The summed E-state index contributed by atoms with van der Waals surface area (Å²) in [5.74, 6) is 0.507. The zero-order valence-electron chi connectivity index (χ0n) is 8.50. The van der Waals surface area contributed by atoms with Crippen molar-refractivity contribution in [2.75, 3.05) is 13.1 Å². The van der Waals surface area contributed by atoms with E-state index in [9.17, 15) is 9.59 Å². The van der Waals surface area contributed by atoms with Gasteiger partial charge in [0.15, 0.2) is 6.29 Å². The second-order valence-electron chi connectivity index (χ2n) is 3.58. The van der Waals surface area contributed by atoms with Crippen molar-refractivity contribution >= 4 is 12.4 Å². The highest BCUT2D eigenvalue weighted by Crippen LogP contribution is 2.21. The summed E-state index contributed by atoms with van der Waals surface area (Å²) in [6.45, 7) is 0.699. The van der Waals surface area contributed by atoms with Crippen molar-refractivity contribution in [2.45, 2.75) is 6.10 Å². The van der Waals surface area contributed by atoms with Crippen LogP contribution in [0.25, 0.3) is 0 Å². The van der Waals surface area contributed by atoms with Crippen LogP contribution in [0.15, 0.2) is 24.3 Å². The predicted octanol–water partition coefficient (Wildman–Crippen LogP) is 1.24. The average molecular weight is 221 g/mol. The summed E-state index contributed by atoms with van der Waals surface area (Å²) in [5.41, 5.74) is 0.483. The van der Waals surface area contributed by atoms with E-state index >= 15 is 0 Å². The molecule has 0 radical (unpaired) electrons. The Hall–Kier alpha value is -2.04. The number of aldehydes is 1. The summed E-state index contributed by atoms with van der Waals surface area (Å²) < 4.78 is 5.52. The van der Waals surface area contributed by atoms with Gasteiger partial charge in [-0.25, -0.2) is 4.79 Å². The van der Waals surface area contributed by atoms with Crippen molar-refractivity contribution in [2.24, 2.45) is 0 Å². The van der Waals surface area contributed by atoms with Gasteiger partial charge in [0.2, 0.25) is 0 Å². The molecule has 84 valence electrons. The lowest BCUT2D eigenvalue weighted by Crippen LogP contribution is -2.55. The van der Waals surface area contributed by atoms with Crippen LogP contribution in [-0.2, 0) is 0 Å². The fraction of sp³-hybridized carbons (Fsp3) is 0.273. The van der Waals surface area contributed by atoms with Crippen molar-refractivity contribution in [1.29, 1.82) is 0 Å². The Labute approximate surface area is 92.2 Å². The molecule has 1 aromatic rings. The van der Waals surface area contributed by atoms with Gasteiger partial charge in [-0.2, -0.15) is 0 Å². The van der Waals surface area contributed by atoms with Crippen LogP contribution in [0.4, 0.5) is 4.79 Å². The molecular formula is C11H11NO4. The predicted molar refractivity (Wildman–Crippen MR) is 55.8 cm³/mol. The van der Waals surface area contributed by atoms with Gasteiger partial charge in [0.25, 0.3) is 0 Å². The Morgan fingerprint density at radius 1 is 1.44 bits per heavy atom. The minimum absolute atomic E-state index is 0.155. The van der Waals surface area contributed by atoms with E-state index in [1.807, 2.05) is 0 Å². The first kappa shape index (κ1) is 10.5. The number of ether oxygens (including phenoxy) is 1. The van der Waals surface area contributed by atoms with Gasteiger partial charge in [0, 0.05) is 0 Å². The molecule has 0 saturated carbocycles. The van der Waals surface area contributed by atoms with Crippen LogP contribution in [0.5, 0.6) is 5.75 Å². The van der Waals surface area contributed by atoms with Gasteiger partial charge in [0.1, 0.15) is 11.9 Å². The summed E-state index contributed by atoms with van der Waals surface area (Å²) in [7, 11) is 0. The van der Waals surface area contributed by atoms with Crippen LogP contribution in [0.3, 0.4) is 0 Å². The molecule has 0 aliphatic carbocycles. The molecule has 1 aromatic carbocycles. The average Bonchev–Trinajstić information content (AvgIpc) is 2.22. The number of para-hydroxylation sites is 1. The van der Waals surface area contributed by atoms with E-state index in [2.05, 4.69) is 0 Å². The molecule has 1 saturated heterocycles. The van der Waals surface area contributed by atoms with Crippen LogP contribution in [0, 0.1) is 0 Å². The number of carbonyl (C=O) groups excluding carboxylic acids is 1. The zero-order chi connectivity index (χ0) is 11.5. The molecule has 5 heteroatoms. The molecule has 1 aliphatic heterocycles. The largest absolute Gasteiger partial charge is 0.486 e. The standard InChI is InChI=1S/C11H11NO4/c13-7-8-3-1-2-4-10(8)16-9-5-12(6-9)11(14)15/h1-4,7,9H,5-6H2,(H,14,15). The molecule has 0 spiro atoms. The number of amides is 1. The van der Waals surface area contributed by atoms with Crippen LogP contribution < -0.4 is 4.74 Å². The molecule has 1 heterocycles. The topological polar surface area (TPSA) is 66.8 Å². The minimum atomic E-state index is -0.941. The lowest BCUT2D eigenvalue weighted by molar-refractivity contribution is 0.0248. The van der Waals surface area contributed by atoms with Crippen LogP contribution in [0.2, 0.25) is 0 Å². The third kappa shape index (κ3) is 1.98. The molecule has 0 unspecified atom stereocenters. The van der Waals surface area contributed by atoms with E-state index in [0.29, 0.717) is 24.4 Å². The molecule has 1 N–H and O–H groups in total. The van der Waals surface area contributed by atoms with E-state index in [0.717, 1.165) is 6.29 Å². The highest BCUT2D eigenvalue weighted by atomic mass is 16.5.